The van der Waals surface area contributed by atoms with Crippen LogP contribution in [0.15, 0.2) is 187 Å². The third kappa shape index (κ3) is 30.0. The lowest BCUT2D eigenvalue weighted by Crippen LogP contribution is -2.33. The van der Waals surface area contributed by atoms with Crippen LogP contribution in [0.5, 0.6) is 0 Å². The van der Waals surface area contributed by atoms with E-state index in [0.29, 0.717) is 149 Å². The molecule has 0 unspecified atom stereocenters. The number of hydrogen-bond acceptors (Lipinski definition) is 37. The zero-order chi connectivity index (χ0) is 106. The standard InChI is InChI=1S/2C16H17N5O2S.2C14H14N4O3.C10H8N4O2.C10H7NO2S.2C6H12N4O.C4H6O/c1-11-13(10-22)19-20-21(11)8-7-17-15(23)16-18-9-14(24-16)12-5-3-2-4-6-12;1-11-13(10-22)21(20-19-11)8-7-17-15(23)16-18-9-14(24-16)12-5-3-2-4-6-12;1-9-12(8-19)15-16-18(9)7-6-17-13(20)10-4-2-3-5-11(10)14(17)21;1-9-12(8-19)18(16-15-9)7-6-17-13(20)10-4-2-3-5-11(10)14(17)21;11-13-12-5-6-14-9(15)7-3-1-2-4-8(7)10(14)16;12-10(13)9-11-6-8(14-9)7-4-2-1-3-5-7;1-5-6(4-11)8-9-10(5)3-2-7;1-5-6(4-11)10(3-2-7)9-8-5;1-2-3-4-5/h2*2-6,9,22H,7-8,10H2,1H3,(H,17,23);2*2-5,19H,6-8H2,1H3;1-4H,5-6H2;1-6H,(H,12,13);2*11H,2-4,7H2,1H3;5H,4H2,1H3. The van der Waals surface area contributed by atoms with Crippen molar-refractivity contribution in [2.45, 2.75) is 127 Å². The van der Waals surface area contributed by atoms with Crippen LogP contribution in [0.4, 0.5) is 0 Å². The van der Waals surface area contributed by atoms with E-state index in [4.69, 9.17) is 47.6 Å². The number of carboxylic acids is 1. The Kier molecular flexibility index (Phi) is 43.6. The number of thiazole rings is 3. The monoisotopic (exact) mass is 2060 g/mol. The molecule has 0 aliphatic carbocycles. The van der Waals surface area contributed by atoms with Crippen molar-refractivity contribution in [3.05, 3.63) is 310 Å². The summed E-state index contributed by atoms with van der Waals surface area (Å²) in [5.74, 6) is 1.73. The number of aromatic carboxylic acids is 1. The predicted octanol–water partition coefficient (Wildman–Crippen LogP) is 6.19. The maximum absolute atomic E-state index is 12.2. The summed E-state index contributed by atoms with van der Waals surface area (Å²) in [5.41, 5.74) is 32.6. The molecule has 3 aliphatic rings. The molecule has 3 aliphatic heterocycles. The molecule has 51 heteroatoms. The van der Waals surface area contributed by atoms with Crippen LogP contribution < -0.4 is 22.1 Å². The van der Waals surface area contributed by atoms with Crippen molar-refractivity contribution < 1.29 is 84.0 Å². The molecule has 0 bridgehead atoms. The molecule has 48 nitrogen and oxygen atoms in total. The Hall–Kier alpha value is -16.6. The van der Waals surface area contributed by atoms with Crippen molar-refractivity contribution in [1.82, 2.24) is 130 Å². The first kappa shape index (κ1) is 112. The number of carbonyl (C=O) groups excluding carboxylic acids is 8. The van der Waals surface area contributed by atoms with E-state index in [2.05, 4.69) is 109 Å². The van der Waals surface area contributed by atoms with E-state index in [0.717, 1.165) is 64.7 Å². The summed E-state index contributed by atoms with van der Waals surface area (Å²) in [7, 11) is 0. The van der Waals surface area contributed by atoms with Gasteiger partial charge in [-0.25, -0.2) is 47.8 Å². The fourth-order valence-electron chi connectivity index (χ4n) is 13.9. The van der Waals surface area contributed by atoms with Crippen LogP contribution in [0.2, 0.25) is 0 Å². The molecular formula is C96H107N31O17S3. The maximum Gasteiger partial charge on any atom is 0.365 e. The highest BCUT2D eigenvalue weighted by atomic mass is 32.1. The van der Waals surface area contributed by atoms with Gasteiger partial charge in [-0.15, -0.1) is 70.5 Å². The lowest BCUT2D eigenvalue weighted by Gasteiger charge is -2.14. The number of rotatable bonds is 31. The topological polar surface area (TPSA) is 673 Å². The number of aromatic nitrogens is 21. The fraction of sp³-hybridized carbons (Fsp3) is 0.292. The number of aliphatic hydroxyl groups excluding tert-OH is 7. The van der Waals surface area contributed by atoms with Crippen molar-refractivity contribution in [1.29, 1.82) is 0 Å². The number of nitrogens with zero attached hydrogens (tertiary/aromatic N) is 27. The molecule has 8 amide bonds. The second-order valence-corrected chi connectivity index (χ2v) is 34.2. The predicted molar refractivity (Wildman–Crippen MR) is 536 cm³/mol. The highest BCUT2D eigenvalue weighted by Gasteiger charge is 2.38. The number of carbonyl (C=O) groups is 9. The van der Waals surface area contributed by atoms with Gasteiger partial charge < -0.3 is 63.0 Å². The molecule has 0 radical (unpaired) electrons. The van der Waals surface area contributed by atoms with Crippen LogP contribution in [0.1, 0.15) is 167 Å². The molecule has 9 aromatic heterocycles. The molecule has 0 fully saturated rings. The van der Waals surface area contributed by atoms with Gasteiger partial charge in [-0.2, -0.15) is 0 Å². The molecule has 0 saturated heterocycles. The fourth-order valence-corrected chi connectivity index (χ4v) is 16.4. The Morgan fingerprint density at radius 1 is 0.374 bits per heavy atom. The van der Waals surface area contributed by atoms with Crippen molar-refractivity contribution in [3.63, 3.8) is 0 Å². The molecule has 6 aromatic carbocycles. The first-order valence-electron chi connectivity index (χ1n) is 45.3. The summed E-state index contributed by atoms with van der Waals surface area (Å²) in [6.07, 6.45) is 5.01. The van der Waals surface area contributed by atoms with Crippen molar-refractivity contribution >= 4 is 87.2 Å². The van der Waals surface area contributed by atoms with E-state index in [9.17, 15) is 53.4 Å². The van der Waals surface area contributed by atoms with Crippen LogP contribution in [0.3, 0.4) is 0 Å². The van der Waals surface area contributed by atoms with Gasteiger partial charge in [-0.3, -0.25) is 53.1 Å². The van der Waals surface area contributed by atoms with Gasteiger partial charge in [-0.1, -0.05) is 170 Å². The number of carboxylic acid groups (broad SMARTS) is 1. The number of amides is 8. The summed E-state index contributed by atoms with van der Waals surface area (Å²) in [6.45, 7) is 17.1. The molecule has 766 valence electrons. The molecule has 18 rings (SSSR count). The molecule has 0 atom stereocenters. The van der Waals surface area contributed by atoms with Crippen molar-refractivity contribution in [2.24, 2.45) is 16.6 Å². The minimum absolute atomic E-state index is 0.0174. The van der Waals surface area contributed by atoms with E-state index >= 15 is 0 Å². The minimum atomic E-state index is -0.975. The summed E-state index contributed by atoms with van der Waals surface area (Å²) >= 11 is 3.90. The van der Waals surface area contributed by atoms with Gasteiger partial charge in [0, 0.05) is 75.9 Å². The quantitative estimate of drug-likeness (QED) is 0.00757. The average Bonchev–Trinajstić information content (AvgIpc) is 1.64. The first-order valence-corrected chi connectivity index (χ1v) is 47.7. The van der Waals surface area contributed by atoms with Crippen molar-refractivity contribution in [3.8, 4) is 43.2 Å². The van der Waals surface area contributed by atoms with Crippen LogP contribution >= 0.6 is 34.0 Å². The van der Waals surface area contributed by atoms with E-state index in [1.165, 1.54) is 48.5 Å². The number of azide groups is 1. The smallest absolute Gasteiger partial charge is 0.365 e. The van der Waals surface area contributed by atoms with Gasteiger partial charge in [0.25, 0.3) is 47.3 Å². The van der Waals surface area contributed by atoms with E-state index < -0.39 is 5.97 Å². The van der Waals surface area contributed by atoms with Crippen LogP contribution in [-0.4, -0.2) is 273 Å². The summed E-state index contributed by atoms with van der Waals surface area (Å²) in [6, 6.07) is 49.5. The highest BCUT2D eigenvalue weighted by molar-refractivity contribution is 7.17. The van der Waals surface area contributed by atoms with Gasteiger partial charge in [0.05, 0.1) is 178 Å². The first-order chi connectivity index (χ1) is 71.2. The second kappa shape index (κ2) is 57.0. The third-order valence-corrected chi connectivity index (χ3v) is 25.0. The zero-order valence-electron chi connectivity index (χ0n) is 80.9. The molecule has 14 N–H and O–H groups in total. The molecule has 15 aromatic rings. The number of aliphatic hydroxyl groups is 7. The largest absolute Gasteiger partial charge is 0.476 e. The number of nitrogens with two attached hydrogens (primary N) is 2. The Morgan fingerprint density at radius 3 is 0.946 bits per heavy atom. The van der Waals surface area contributed by atoms with Gasteiger partial charge in [0.15, 0.2) is 10.0 Å². The maximum atomic E-state index is 12.2. The van der Waals surface area contributed by atoms with Crippen LogP contribution in [0, 0.1) is 53.4 Å². The number of fused-ring (bicyclic) bond motifs is 3. The molecule has 12 heterocycles. The summed E-state index contributed by atoms with van der Waals surface area (Å²) in [4.78, 5) is 128. The minimum Gasteiger partial charge on any atom is -0.476 e. The van der Waals surface area contributed by atoms with Crippen molar-refractivity contribution in [2.75, 3.05) is 59.0 Å². The zero-order valence-corrected chi connectivity index (χ0v) is 83.3. The third-order valence-electron chi connectivity index (χ3n) is 21.8. The number of nitrogens with one attached hydrogen (secondary N) is 2. The molecule has 147 heavy (non-hydrogen) atoms. The summed E-state index contributed by atoms with van der Waals surface area (Å²) < 4.78 is 9.64. The van der Waals surface area contributed by atoms with E-state index in [-0.39, 0.29) is 125 Å². The lowest BCUT2D eigenvalue weighted by molar-refractivity contribution is 0.0631. The van der Waals surface area contributed by atoms with Crippen LogP contribution in [-0.2, 0) is 78.9 Å². The Labute approximate surface area is 852 Å². The number of hydrogen-bond donors (Lipinski definition) is 12. The number of aryl methyl sites for hydroxylation is 3. The highest BCUT2D eigenvalue weighted by Crippen LogP contribution is 2.31. The van der Waals surface area contributed by atoms with Crippen LogP contribution in [0.25, 0.3) is 41.8 Å². The average molecular weight is 2060 g/mol. The van der Waals surface area contributed by atoms with E-state index in [1.54, 1.807) is 142 Å². The normalized spacial score (nSPS) is 11.7. The molecule has 0 spiro atoms. The molecular weight excluding hydrogens is 1960 g/mol. The Balaban J connectivity index is 0.000000173. The van der Waals surface area contributed by atoms with Gasteiger partial charge in [-0.05, 0) is 107 Å². The number of imide groups is 3. The number of benzene rings is 6. The van der Waals surface area contributed by atoms with Gasteiger partial charge >= 0.3 is 5.97 Å². The van der Waals surface area contributed by atoms with Gasteiger partial charge in [0.2, 0.25) is 5.01 Å². The Morgan fingerprint density at radius 2 is 0.653 bits per heavy atom. The molecule has 0 saturated carbocycles. The lowest BCUT2D eigenvalue weighted by atomic mass is 10.1. The summed E-state index contributed by atoms with van der Waals surface area (Å²) in [5, 5.41) is 127. The van der Waals surface area contributed by atoms with Gasteiger partial charge in [0.1, 0.15) is 23.7 Å². The van der Waals surface area contributed by atoms with E-state index in [1.807, 2.05) is 112 Å². The second-order valence-electron chi connectivity index (χ2n) is 31.1. The SMILES string of the molecule is CC#CCO.Cc1c(CO)nnn1CCN.Cc1c(CO)nnn1CCN1C(=O)c2ccccc2C1=O.Cc1c(CO)nnn1CCNC(=O)c1ncc(-c2ccccc2)s1.Cc1nnn(CCN)c1CO.Cc1nnn(CCN2C(=O)c3ccccc3C2=O)c1CO.Cc1nnn(CCNC(=O)c2ncc(-c3ccccc3)s2)c1CO.O=C(O)c1ncc(-c2ccccc2)s1.[N-]=[N+]=NCCN1C(=O)c2ccccc2C1=O. The Bertz CT molecular complexity index is 6970.